The number of nitrogens with zero attached hydrogens (tertiary/aromatic N) is 4. The lowest BCUT2D eigenvalue weighted by atomic mass is 9.78. The van der Waals surface area contributed by atoms with Crippen LogP contribution in [0.5, 0.6) is 0 Å². The van der Waals surface area contributed by atoms with Crippen molar-refractivity contribution in [2.24, 2.45) is 5.41 Å². The molecule has 4 rings (SSSR count). The molecule has 0 unspecified atom stereocenters. The Morgan fingerprint density at radius 3 is 2.71 bits per heavy atom. The molecule has 2 aromatic heterocycles. The molecule has 28 heavy (non-hydrogen) atoms. The Balaban J connectivity index is 1.44. The van der Waals surface area contributed by atoms with Crippen molar-refractivity contribution >= 4 is 29.2 Å². The molecule has 3 N–H and O–H groups in total. The van der Waals surface area contributed by atoms with Gasteiger partial charge in [0.1, 0.15) is 23.8 Å². The van der Waals surface area contributed by atoms with Gasteiger partial charge in [0.15, 0.2) is 0 Å². The highest BCUT2D eigenvalue weighted by molar-refractivity contribution is 5.68. The van der Waals surface area contributed by atoms with Crippen molar-refractivity contribution in [3.05, 3.63) is 42.0 Å². The monoisotopic (exact) mass is 378 g/mol. The number of nitrogen functional groups attached to an aromatic ring is 1. The molecule has 0 amide bonds. The third kappa shape index (κ3) is 4.01. The number of anilines is 4. The smallest absolute Gasteiger partial charge is 0.137 e. The van der Waals surface area contributed by atoms with Gasteiger partial charge in [0.05, 0.1) is 6.61 Å². The van der Waals surface area contributed by atoms with Gasteiger partial charge in [-0.3, -0.25) is 0 Å². The average Bonchev–Trinajstić information content (AvgIpc) is 3.16. The minimum absolute atomic E-state index is 0.384. The molecule has 0 atom stereocenters. The van der Waals surface area contributed by atoms with Crippen LogP contribution in [0.25, 0.3) is 6.08 Å². The van der Waals surface area contributed by atoms with E-state index in [4.69, 9.17) is 10.5 Å². The maximum Gasteiger partial charge on any atom is 0.137 e. The second-order valence-corrected chi connectivity index (χ2v) is 7.47. The first-order valence-electron chi connectivity index (χ1n) is 9.72. The summed E-state index contributed by atoms with van der Waals surface area (Å²) < 4.78 is 5.62. The molecule has 2 fully saturated rings. The number of piperidine rings is 1. The van der Waals surface area contributed by atoms with Gasteiger partial charge in [-0.05, 0) is 43.8 Å². The first-order chi connectivity index (χ1) is 13.7. The van der Waals surface area contributed by atoms with Gasteiger partial charge in [0.2, 0.25) is 0 Å². The van der Waals surface area contributed by atoms with Crippen LogP contribution < -0.4 is 16.0 Å². The zero-order valence-electron chi connectivity index (χ0n) is 16.2. The van der Waals surface area contributed by atoms with Crippen LogP contribution in [0.4, 0.5) is 23.1 Å². The van der Waals surface area contributed by atoms with E-state index < -0.39 is 0 Å². The predicted octanol–water partition coefficient (Wildman–Crippen LogP) is 3.39. The Hall–Kier alpha value is -2.89. The van der Waals surface area contributed by atoms with E-state index in [2.05, 4.69) is 30.9 Å². The van der Waals surface area contributed by atoms with Gasteiger partial charge in [-0.25, -0.2) is 15.0 Å². The van der Waals surface area contributed by atoms with E-state index in [0.29, 0.717) is 22.7 Å². The maximum absolute atomic E-state index is 6.10. The molecule has 2 aliphatic rings. The lowest BCUT2D eigenvalue weighted by Crippen LogP contribution is -2.40. The van der Waals surface area contributed by atoms with Crippen LogP contribution in [0.15, 0.2) is 36.5 Å². The molecule has 2 saturated heterocycles. The molecule has 2 aromatic rings. The van der Waals surface area contributed by atoms with Crippen molar-refractivity contribution in [1.82, 2.24) is 15.0 Å². The van der Waals surface area contributed by atoms with E-state index in [1.807, 2.05) is 25.1 Å². The molecule has 146 valence electrons. The van der Waals surface area contributed by atoms with Crippen molar-refractivity contribution in [1.29, 1.82) is 0 Å². The van der Waals surface area contributed by atoms with Gasteiger partial charge in [-0.1, -0.05) is 0 Å². The Kier molecular flexibility index (Phi) is 5.28. The van der Waals surface area contributed by atoms with Crippen LogP contribution >= 0.6 is 0 Å². The summed E-state index contributed by atoms with van der Waals surface area (Å²) in [5.41, 5.74) is 11.0. The number of pyridine rings is 1. The third-order valence-corrected chi connectivity index (χ3v) is 5.62. The van der Waals surface area contributed by atoms with Crippen LogP contribution in [0.3, 0.4) is 0 Å². The first-order valence-corrected chi connectivity index (χ1v) is 9.72. The van der Waals surface area contributed by atoms with Crippen molar-refractivity contribution in [3.8, 4) is 0 Å². The number of allylic oxidation sites excluding steroid dienone is 1. The molecule has 7 nitrogen and oxygen atoms in total. The summed E-state index contributed by atoms with van der Waals surface area (Å²) in [6, 6.07) is 3.77. The quantitative estimate of drug-likeness (QED) is 0.788. The molecule has 0 bridgehead atoms. The summed E-state index contributed by atoms with van der Waals surface area (Å²) in [6.45, 7) is 5.71. The molecule has 0 radical (unpaired) electrons. The van der Waals surface area contributed by atoms with Crippen molar-refractivity contribution in [2.45, 2.75) is 26.2 Å². The number of nitrogens with one attached hydrogen (secondary N) is 1. The highest BCUT2D eigenvalue weighted by atomic mass is 16.5. The summed E-state index contributed by atoms with van der Waals surface area (Å²) >= 11 is 0. The van der Waals surface area contributed by atoms with Gasteiger partial charge < -0.3 is 20.7 Å². The fraction of sp³-hybridized carbons (Fsp3) is 0.429. The van der Waals surface area contributed by atoms with Crippen LogP contribution in [-0.2, 0) is 4.74 Å². The van der Waals surface area contributed by atoms with E-state index in [0.717, 1.165) is 50.5 Å². The first kappa shape index (κ1) is 18.5. The molecule has 1 spiro atoms. The molecular formula is C21H26N6O. The fourth-order valence-electron chi connectivity index (χ4n) is 3.82. The minimum atomic E-state index is 0.384. The van der Waals surface area contributed by atoms with Crippen LogP contribution in [0, 0.1) is 5.41 Å². The van der Waals surface area contributed by atoms with E-state index in [-0.39, 0.29) is 0 Å². The summed E-state index contributed by atoms with van der Waals surface area (Å²) in [5, 5.41) is 3.23. The van der Waals surface area contributed by atoms with Crippen LogP contribution in [0.2, 0.25) is 0 Å². The average molecular weight is 378 g/mol. The fourth-order valence-corrected chi connectivity index (χ4v) is 3.82. The van der Waals surface area contributed by atoms with E-state index in [1.165, 1.54) is 6.42 Å². The Morgan fingerprint density at radius 2 is 2.00 bits per heavy atom. The van der Waals surface area contributed by atoms with E-state index >= 15 is 0 Å². The number of aromatic nitrogens is 3. The Labute approximate surface area is 165 Å². The van der Waals surface area contributed by atoms with Gasteiger partial charge >= 0.3 is 0 Å². The van der Waals surface area contributed by atoms with Crippen LogP contribution in [-0.4, -0.2) is 41.3 Å². The van der Waals surface area contributed by atoms with E-state index in [1.54, 1.807) is 18.6 Å². The highest BCUT2D eigenvalue weighted by Gasteiger charge is 2.38. The minimum Gasteiger partial charge on any atom is -0.398 e. The number of nitrogens with two attached hydrogens (primary N) is 1. The lowest BCUT2D eigenvalue weighted by molar-refractivity contribution is 0.133. The second kappa shape index (κ2) is 8.00. The molecule has 0 saturated carbocycles. The van der Waals surface area contributed by atoms with E-state index in [9.17, 15) is 0 Å². The molecule has 0 aliphatic carbocycles. The molecule has 4 heterocycles. The lowest BCUT2D eigenvalue weighted by Gasteiger charge is -2.38. The Bertz CT molecular complexity index is 890. The predicted molar refractivity (Wildman–Crippen MR) is 112 cm³/mol. The number of hydrogen-bond donors (Lipinski definition) is 2. The highest BCUT2D eigenvalue weighted by Crippen LogP contribution is 2.39. The molecule has 7 heteroatoms. The largest absolute Gasteiger partial charge is 0.398 e. The summed E-state index contributed by atoms with van der Waals surface area (Å²) in [6.07, 6.45) is 10.4. The second-order valence-electron chi connectivity index (χ2n) is 7.47. The summed E-state index contributed by atoms with van der Waals surface area (Å²) in [4.78, 5) is 15.5. The maximum atomic E-state index is 6.10. The Morgan fingerprint density at radius 1 is 1.18 bits per heavy atom. The van der Waals surface area contributed by atoms with Gasteiger partial charge in [0.25, 0.3) is 0 Å². The molecule has 2 aliphatic heterocycles. The van der Waals surface area contributed by atoms with Crippen molar-refractivity contribution in [2.75, 3.05) is 42.3 Å². The molecular weight excluding hydrogens is 352 g/mol. The normalized spacial score (nSPS) is 18.0. The number of ether oxygens (including phenoxy) is 1. The zero-order chi connectivity index (χ0) is 19.4. The van der Waals surface area contributed by atoms with Gasteiger partial charge in [-0.15, -0.1) is 5.73 Å². The number of hydrogen-bond acceptors (Lipinski definition) is 7. The topological polar surface area (TPSA) is 89.2 Å². The third-order valence-electron chi connectivity index (χ3n) is 5.62. The van der Waals surface area contributed by atoms with Crippen LogP contribution in [0.1, 0.15) is 31.7 Å². The summed E-state index contributed by atoms with van der Waals surface area (Å²) in [5.74, 6) is 2.30. The van der Waals surface area contributed by atoms with Crippen molar-refractivity contribution in [3.63, 3.8) is 0 Å². The zero-order valence-corrected chi connectivity index (χ0v) is 16.2. The number of rotatable bonds is 4. The SMILES string of the molecule is CC=C=Cc1cnc(Nc2cc(N3CCC4(CCOC4)CC3)ncn2)cc1N. The van der Waals surface area contributed by atoms with Gasteiger partial charge in [0, 0.05) is 49.3 Å². The molecule has 0 aromatic carbocycles. The summed E-state index contributed by atoms with van der Waals surface area (Å²) in [7, 11) is 0. The van der Waals surface area contributed by atoms with Crippen molar-refractivity contribution < 1.29 is 4.74 Å². The van der Waals surface area contributed by atoms with Gasteiger partial charge in [-0.2, -0.15) is 0 Å². The standard InChI is InChI=1S/C21H26N6O/c1-2-3-4-16-13-23-18(11-17(16)22)26-19-12-20(25-15-24-19)27-8-5-21(6-9-27)7-10-28-14-21/h2,4,11-13,15H,5-10,14H2,1H3,(H3,22,23,24,25,26).